The second-order valence-corrected chi connectivity index (χ2v) is 7.80. The Bertz CT molecular complexity index is 780. The average molecular weight is 381 g/mol. The number of carbonyl (C=O) groups excluding carboxylic acids is 1. The van der Waals surface area contributed by atoms with E-state index in [0.717, 1.165) is 23.4 Å². The molecule has 0 spiro atoms. The fourth-order valence-corrected chi connectivity index (χ4v) is 3.67. The first kappa shape index (κ1) is 20.4. The van der Waals surface area contributed by atoms with E-state index >= 15 is 0 Å². The van der Waals surface area contributed by atoms with Crippen molar-refractivity contribution in [2.45, 2.75) is 59.2 Å². The van der Waals surface area contributed by atoms with Crippen LogP contribution in [0.3, 0.4) is 0 Å². The standard InChI is InChI=1S/C24H32N2O2/c1-4-22(28-23-12-7-18(2)15-19(23)3)24(27)25-16-20-8-10-21(11-9-20)17-26-13-5-6-14-26/h7-12,15,22H,4-6,13-14,16-17H2,1-3H3,(H,25,27). The van der Waals surface area contributed by atoms with Crippen molar-refractivity contribution >= 4 is 5.91 Å². The number of aryl methyl sites for hydroxylation is 2. The number of benzene rings is 2. The predicted molar refractivity (Wildman–Crippen MR) is 113 cm³/mol. The van der Waals surface area contributed by atoms with Crippen LogP contribution in [0.25, 0.3) is 0 Å². The zero-order valence-corrected chi connectivity index (χ0v) is 17.3. The summed E-state index contributed by atoms with van der Waals surface area (Å²) < 4.78 is 5.98. The first-order chi connectivity index (χ1) is 13.5. The van der Waals surface area contributed by atoms with E-state index in [1.165, 1.54) is 37.1 Å². The third kappa shape index (κ3) is 5.59. The minimum atomic E-state index is -0.476. The third-order valence-electron chi connectivity index (χ3n) is 5.36. The highest BCUT2D eigenvalue weighted by Gasteiger charge is 2.19. The van der Waals surface area contributed by atoms with Gasteiger partial charge in [-0.05, 0) is 69.0 Å². The van der Waals surface area contributed by atoms with E-state index < -0.39 is 6.10 Å². The van der Waals surface area contributed by atoms with Gasteiger partial charge in [0.05, 0.1) is 0 Å². The Morgan fingerprint density at radius 1 is 1.07 bits per heavy atom. The number of hydrogen-bond donors (Lipinski definition) is 1. The first-order valence-electron chi connectivity index (χ1n) is 10.4. The van der Waals surface area contributed by atoms with Crippen LogP contribution >= 0.6 is 0 Å². The highest BCUT2D eigenvalue weighted by Crippen LogP contribution is 2.21. The lowest BCUT2D eigenvalue weighted by Crippen LogP contribution is -2.37. The van der Waals surface area contributed by atoms with Crippen molar-refractivity contribution in [3.8, 4) is 5.75 Å². The van der Waals surface area contributed by atoms with Crippen molar-refractivity contribution < 1.29 is 9.53 Å². The number of hydrogen-bond acceptors (Lipinski definition) is 3. The highest BCUT2D eigenvalue weighted by molar-refractivity contribution is 5.81. The third-order valence-corrected chi connectivity index (χ3v) is 5.36. The summed E-state index contributed by atoms with van der Waals surface area (Å²) in [5.74, 6) is 0.711. The Hall–Kier alpha value is -2.33. The summed E-state index contributed by atoms with van der Waals surface area (Å²) >= 11 is 0. The molecule has 28 heavy (non-hydrogen) atoms. The summed E-state index contributed by atoms with van der Waals surface area (Å²) in [6, 6.07) is 14.6. The molecule has 150 valence electrons. The monoisotopic (exact) mass is 380 g/mol. The van der Waals surface area contributed by atoms with Crippen LogP contribution in [0.2, 0.25) is 0 Å². The van der Waals surface area contributed by atoms with E-state index in [1.807, 2.05) is 26.0 Å². The van der Waals surface area contributed by atoms with E-state index in [9.17, 15) is 4.79 Å². The molecule has 1 N–H and O–H groups in total. The minimum absolute atomic E-state index is 0.0661. The van der Waals surface area contributed by atoms with Crippen LogP contribution in [0, 0.1) is 13.8 Å². The van der Waals surface area contributed by atoms with Gasteiger partial charge in [0.15, 0.2) is 6.10 Å². The second-order valence-electron chi connectivity index (χ2n) is 7.80. The number of likely N-dealkylation sites (tertiary alicyclic amines) is 1. The van der Waals surface area contributed by atoms with Crippen molar-refractivity contribution in [2.75, 3.05) is 13.1 Å². The first-order valence-corrected chi connectivity index (χ1v) is 10.4. The molecule has 1 atom stereocenters. The van der Waals surface area contributed by atoms with Gasteiger partial charge in [0.2, 0.25) is 0 Å². The van der Waals surface area contributed by atoms with Gasteiger partial charge in [-0.2, -0.15) is 0 Å². The number of nitrogens with zero attached hydrogens (tertiary/aromatic N) is 1. The van der Waals surface area contributed by atoms with E-state index in [4.69, 9.17) is 4.74 Å². The molecule has 0 bridgehead atoms. The molecule has 1 fully saturated rings. The van der Waals surface area contributed by atoms with Crippen LogP contribution in [0.4, 0.5) is 0 Å². The molecule has 1 aliphatic heterocycles. The molecule has 2 aromatic rings. The van der Waals surface area contributed by atoms with Gasteiger partial charge in [-0.15, -0.1) is 0 Å². The maximum absolute atomic E-state index is 12.6. The van der Waals surface area contributed by atoms with Crippen molar-refractivity contribution in [1.29, 1.82) is 0 Å². The predicted octanol–water partition coefficient (Wildman–Crippen LogP) is 4.37. The molecule has 1 unspecified atom stereocenters. The molecule has 3 rings (SSSR count). The Labute approximate surface area is 168 Å². The lowest BCUT2D eigenvalue weighted by atomic mass is 10.1. The smallest absolute Gasteiger partial charge is 0.261 e. The van der Waals surface area contributed by atoms with Crippen molar-refractivity contribution in [3.05, 3.63) is 64.7 Å². The van der Waals surface area contributed by atoms with Crippen molar-refractivity contribution in [1.82, 2.24) is 10.2 Å². The maximum Gasteiger partial charge on any atom is 0.261 e. The lowest BCUT2D eigenvalue weighted by molar-refractivity contribution is -0.128. The molecule has 0 aliphatic carbocycles. The second kappa shape index (κ2) is 9.74. The Morgan fingerprint density at radius 3 is 2.39 bits per heavy atom. The normalized spacial score (nSPS) is 15.4. The van der Waals surface area contributed by atoms with Gasteiger partial charge in [0, 0.05) is 13.1 Å². The average Bonchev–Trinajstić information content (AvgIpc) is 3.20. The van der Waals surface area contributed by atoms with Gasteiger partial charge >= 0.3 is 0 Å². The summed E-state index contributed by atoms with van der Waals surface area (Å²) in [6.45, 7) is 9.99. The van der Waals surface area contributed by atoms with Crippen LogP contribution < -0.4 is 10.1 Å². The summed E-state index contributed by atoms with van der Waals surface area (Å²) in [5, 5.41) is 3.02. The maximum atomic E-state index is 12.6. The molecule has 0 saturated carbocycles. The van der Waals surface area contributed by atoms with Crippen molar-refractivity contribution in [2.24, 2.45) is 0 Å². The molecule has 1 amide bonds. The van der Waals surface area contributed by atoms with Crippen LogP contribution in [-0.4, -0.2) is 30.0 Å². The molecular weight excluding hydrogens is 348 g/mol. The molecule has 1 heterocycles. The Balaban J connectivity index is 1.51. The molecule has 0 radical (unpaired) electrons. The lowest BCUT2D eigenvalue weighted by Gasteiger charge is -2.19. The molecule has 0 aromatic heterocycles. The minimum Gasteiger partial charge on any atom is -0.480 e. The fraction of sp³-hybridized carbons (Fsp3) is 0.458. The number of nitrogens with one attached hydrogen (secondary N) is 1. The summed E-state index contributed by atoms with van der Waals surface area (Å²) in [7, 11) is 0. The molecule has 1 aliphatic rings. The molecule has 2 aromatic carbocycles. The van der Waals surface area contributed by atoms with E-state index in [0.29, 0.717) is 13.0 Å². The molecule has 4 heteroatoms. The van der Waals surface area contributed by atoms with E-state index in [-0.39, 0.29) is 5.91 Å². The summed E-state index contributed by atoms with van der Waals surface area (Å²) in [4.78, 5) is 15.1. The number of carbonyl (C=O) groups is 1. The molecular formula is C24H32N2O2. The van der Waals surface area contributed by atoms with E-state index in [2.05, 4.69) is 47.5 Å². The van der Waals surface area contributed by atoms with Gasteiger partial charge in [-0.1, -0.05) is 48.9 Å². The number of rotatable bonds is 8. The van der Waals surface area contributed by atoms with Crippen molar-refractivity contribution in [3.63, 3.8) is 0 Å². The van der Waals surface area contributed by atoms with Gasteiger partial charge in [-0.3, -0.25) is 9.69 Å². The van der Waals surface area contributed by atoms with E-state index in [1.54, 1.807) is 0 Å². The zero-order chi connectivity index (χ0) is 19.9. The quantitative estimate of drug-likeness (QED) is 0.739. The van der Waals surface area contributed by atoms with Crippen LogP contribution in [0.5, 0.6) is 5.75 Å². The molecule has 4 nitrogen and oxygen atoms in total. The van der Waals surface area contributed by atoms with Crippen LogP contribution in [0.15, 0.2) is 42.5 Å². The van der Waals surface area contributed by atoms with Crippen LogP contribution in [0.1, 0.15) is 48.4 Å². The topological polar surface area (TPSA) is 41.6 Å². The largest absolute Gasteiger partial charge is 0.480 e. The van der Waals surface area contributed by atoms with Crippen LogP contribution in [-0.2, 0) is 17.9 Å². The summed E-state index contributed by atoms with van der Waals surface area (Å²) in [5.41, 5.74) is 4.69. The zero-order valence-electron chi connectivity index (χ0n) is 17.3. The van der Waals surface area contributed by atoms with Gasteiger partial charge in [-0.25, -0.2) is 0 Å². The Morgan fingerprint density at radius 2 is 1.75 bits per heavy atom. The van der Waals surface area contributed by atoms with Gasteiger partial charge in [0.25, 0.3) is 5.91 Å². The van der Waals surface area contributed by atoms with Gasteiger partial charge in [0.1, 0.15) is 5.75 Å². The highest BCUT2D eigenvalue weighted by atomic mass is 16.5. The van der Waals surface area contributed by atoms with Gasteiger partial charge < -0.3 is 10.1 Å². The molecule has 1 saturated heterocycles. The number of ether oxygens (including phenoxy) is 1. The fourth-order valence-electron chi connectivity index (χ4n) is 3.67. The number of amides is 1. The SMILES string of the molecule is CCC(Oc1ccc(C)cc1C)C(=O)NCc1ccc(CN2CCCC2)cc1. The summed E-state index contributed by atoms with van der Waals surface area (Å²) in [6.07, 6.45) is 2.78. The Kier molecular flexibility index (Phi) is 7.10.